The molecule has 0 aliphatic heterocycles. The first-order valence-electron chi connectivity index (χ1n) is 6.59. The van der Waals surface area contributed by atoms with Crippen molar-refractivity contribution >= 4 is 11.6 Å². The van der Waals surface area contributed by atoms with Gasteiger partial charge < -0.3 is 15.2 Å². The molecule has 1 aromatic carbocycles. The van der Waals surface area contributed by atoms with E-state index in [1.54, 1.807) is 24.3 Å². The fourth-order valence-corrected chi connectivity index (χ4v) is 1.81. The normalized spacial score (nSPS) is 13.0. The van der Waals surface area contributed by atoms with Gasteiger partial charge in [0, 0.05) is 19.2 Å². The van der Waals surface area contributed by atoms with Gasteiger partial charge in [0.25, 0.3) is 0 Å². The Labute approximate surface area is 126 Å². The lowest BCUT2D eigenvalue weighted by atomic mass is 10.3. The lowest BCUT2D eigenvalue weighted by Gasteiger charge is -2.21. The predicted molar refractivity (Wildman–Crippen MR) is 75.8 cm³/mol. The summed E-state index contributed by atoms with van der Waals surface area (Å²) in [7, 11) is 1.28. The molecule has 22 heavy (non-hydrogen) atoms. The van der Waals surface area contributed by atoms with E-state index in [2.05, 4.69) is 5.32 Å². The fourth-order valence-electron chi connectivity index (χ4n) is 1.81. The smallest absolute Gasteiger partial charge is 0.401 e. The first kappa shape index (κ1) is 18.2. The van der Waals surface area contributed by atoms with E-state index in [0.29, 0.717) is 11.4 Å². The first-order chi connectivity index (χ1) is 10.2. The third-order valence-corrected chi connectivity index (χ3v) is 2.59. The Morgan fingerprint density at radius 1 is 1.36 bits per heavy atom. The van der Waals surface area contributed by atoms with Crippen molar-refractivity contribution in [3.8, 4) is 5.75 Å². The van der Waals surface area contributed by atoms with Gasteiger partial charge in [-0.05, 0) is 31.3 Å². The Hall–Kier alpha value is -1.80. The average molecular weight is 320 g/mol. The van der Waals surface area contributed by atoms with E-state index in [1.807, 2.05) is 0 Å². The van der Waals surface area contributed by atoms with Gasteiger partial charge in [0.2, 0.25) is 5.91 Å². The number of halogens is 3. The van der Waals surface area contributed by atoms with Crippen LogP contribution in [-0.4, -0.2) is 54.9 Å². The fraction of sp³-hybridized carbons (Fsp3) is 0.500. The lowest BCUT2D eigenvalue weighted by Crippen LogP contribution is -2.38. The maximum Gasteiger partial charge on any atom is 0.401 e. The van der Waals surface area contributed by atoms with Gasteiger partial charge in [-0.2, -0.15) is 13.2 Å². The Bertz CT molecular complexity index is 477. The van der Waals surface area contributed by atoms with Crippen LogP contribution in [0, 0.1) is 0 Å². The van der Waals surface area contributed by atoms with Crippen LogP contribution in [-0.2, 0) is 4.79 Å². The summed E-state index contributed by atoms with van der Waals surface area (Å²) in [5.41, 5.74) is 0.602. The van der Waals surface area contributed by atoms with Gasteiger partial charge in [-0.1, -0.05) is 0 Å². The van der Waals surface area contributed by atoms with Crippen LogP contribution in [0.4, 0.5) is 18.9 Å². The van der Waals surface area contributed by atoms with Crippen molar-refractivity contribution in [2.75, 3.05) is 32.1 Å². The topological polar surface area (TPSA) is 61.8 Å². The summed E-state index contributed by atoms with van der Waals surface area (Å²) in [4.78, 5) is 11.8. The number of rotatable bonds is 7. The zero-order valence-electron chi connectivity index (χ0n) is 12.4. The summed E-state index contributed by atoms with van der Waals surface area (Å²) in [6.07, 6.45) is -5.34. The minimum atomic E-state index is -4.30. The number of hydrogen-bond donors (Lipinski definition) is 2. The minimum Gasteiger partial charge on any atom is -0.491 e. The second-order valence-corrected chi connectivity index (χ2v) is 4.98. The molecule has 0 heterocycles. The number of hydrogen-bond acceptors (Lipinski definition) is 4. The van der Waals surface area contributed by atoms with Crippen LogP contribution in [0.15, 0.2) is 24.3 Å². The number of anilines is 1. The highest BCUT2D eigenvalue weighted by Gasteiger charge is 2.29. The number of amides is 1. The van der Waals surface area contributed by atoms with Crippen molar-refractivity contribution in [1.29, 1.82) is 0 Å². The maximum absolute atomic E-state index is 12.2. The minimum absolute atomic E-state index is 0.123. The number of carbonyl (C=O) groups excluding carboxylic acids is 1. The van der Waals surface area contributed by atoms with Crippen molar-refractivity contribution in [3.05, 3.63) is 24.3 Å². The number of aliphatic hydroxyl groups excluding tert-OH is 1. The third-order valence-electron chi connectivity index (χ3n) is 2.59. The number of aliphatic hydroxyl groups is 1. The van der Waals surface area contributed by atoms with Crippen molar-refractivity contribution in [2.45, 2.75) is 19.2 Å². The number of ether oxygens (including phenoxy) is 1. The van der Waals surface area contributed by atoms with Gasteiger partial charge in [-0.3, -0.25) is 9.69 Å². The van der Waals surface area contributed by atoms with Crippen molar-refractivity contribution in [2.24, 2.45) is 0 Å². The molecule has 0 aliphatic rings. The summed E-state index contributed by atoms with van der Waals surface area (Å²) >= 11 is 0. The standard InChI is InChI=1S/C14H19F3N2O3/c1-10(20)18-11-3-5-13(6-4-11)22-8-12(21)7-19(2)9-14(15,16)17/h3-6,12,21H,7-9H2,1-2H3,(H,18,20). The molecule has 1 aromatic rings. The van der Waals surface area contributed by atoms with Gasteiger partial charge in [0.05, 0.1) is 6.54 Å². The Morgan fingerprint density at radius 2 is 1.95 bits per heavy atom. The van der Waals surface area contributed by atoms with Crippen LogP contribution in [0.25, 0.3) is 0 Å². The Kier molecular flexibility index (Phi) is 6.63. The number of carbonyl (C=O) groups is 1. The number of nitrogens with zero attached hydrogens (tertiary/aromatic N) is 1. The molecule has 1 atom stereocenters. The van der Waals surface area contributed by atoms with Gasteiger partial charge in [0.15, 0.2) is 0 Å². The molecule has 124 valence electrons. The molecule has 8 heteroatoms. The molecule has 0 saturated carbocycles. The van der Waals surface area contributed by atoms with E-state index in [0.717, 1.165) is 4.90 Å². The zero-order valence-corrected chi connectivity index (χ0v) is 12.4. The monoisotopic (exact) mass is 320 g/mol. The van der Waals surface area contributed by atoms with E-state index in [1.165, 1.54) is 14.0 Å². The van der Waals surface area contributed by atoms with Gasteiger partial charge in [-0.15, -0.1) is 0 Å². The summed E-state index contributed by atoms with van der Waals surface area (Å²) in [6.45, 7) is 0.0266. The van der Waals surface area contributed by atoms with Crippen LogP contribution < -0.4 is 10.1 Å². The highest BCUT2D eigenvalue weighted by molar-refractivity contribution is 5.88. The van der Waals surface area contributed by atoms with E-state index in [-0.39, 0.29) is 19.1 Å². The summed E-state index contributed by atoms with van der Waals surface area (Å²) in [5.74, 6) is 0.253. The summed E-state index contributed by atoms with van der Waals surface area (Å²) < 4.78 is 41.7. The largest absolute Gasteiger partial charge is 0.491 e. The van der Waals surface area contributed by atoms with Crippen LogP contribution in [0.3, 0.4) is 0 Å². The van der Waals surface area contributed by atoms with E-state index in [9.17, 15) is 23.1 Å². The Balaban J connectivity index is 2.37. The SMILES string of the molecule is CC(=O)Nc1ccc(OCC(O)CN(C)CC(F)(F)F)cc1. The molecule has 1 unspecified atom stereocenters. The van der Waals surface area contributed by atoms with Crippen LogP contribution in [0.1, 0.15) is 6.92 Å². The van der Waals surface area contributed by atoms with Crippen LogP contribution >= 0.6 is 0 Å². The predicted octanol–water partition coefficient (Wildman–Crippen LogP) is 1.88. The lowest BCUT2D eigenvalue weighted by molar-refractivity contribution is -0.145. The van der Waals surface area contributed by atoms with Crippen LogP contribution in [0.2, 0.25) is 0 Å². The number of alkyl halides is 3. The summed E-state index contributed by atoms with van der Waals surface area (Å²) in [6, 6.07) is 6.44. The molecule has 0 aliphatic carbocycles. The summed E-state index contributed by atoms with van der Waals surface area (Å²) in [5, 5.41) is 12.2. The molecule has 5 nitrogen and oxygen atoms in total. The first-order valence-corrected chi connectivity index (χ1v) is 6.59. The number of benzene rings is 1. The molecule has 0 radical (unpaired) electrons. The van der Waals surface area contributed by atoms with Crippen molar-refractivity contribution < 1.29 is 27.8 Å². The highest BCUT2D eigenvalue weighted by atomic mass is 19.4. The molecule has 0 aromatic heterocycles. The quantitative estimate of drug-likeness (QED) is 0.805. The van der Waals surface area contributed by atoms with Crippen molar-refractivity contribution in [1.82, 2.24) is 4.90 Å². The molecular formula is C14H19F3N2O3. The van der Waals surface area contributed by atoms with Crippen molar-refractivity contribution in [3.63, 3.8) is 0 Å². The molecule has 0 saturated heterocycles. The highest BCUT2D eigenvalue weighted by Crippen LogP contribution is 2.17. The van der Waals surface area contributed by atoms with E-state index < -0.39 is 18.8 Å². The van der Waals surface area contributed by atoms with E-state index in [4.69, 9.17) is 4.74 Å². The zero-order chi connectivity index (χ0) is 16.8. The molecular weight excluding hydrogens is 301 g/mol. The van der Waals surface area contributed by atoms with Gasteiger partial charge in [0.1, 0.15) is 18.5 Å². The molecule has 2 N–H and O–H groups in total. The maximum atomic E-state index is 12.2. The van der Waals surface area contributed by atoms with E-state index >= 15 is 0 Å². The molecule has 0 fully saturated rings. The molecule has 1 amide bonds. The molecule has 1 rings (SSSR count). The number of nitrogens with one attached hydrogen (secondary N) is 1. The molecule has 0 spiro atoms. The van der Waals surface area contributed by atoms with Gasteiger partial charge in [-0.25, -0.2) is 0 Å². The second kappa shape index (κ2) is 8.00. The average Bonchev–Trinajstić information content (AvgIpc) is 2.34. The number of likely N-dealkylation sites (N-methyl/N-ethyl adjacent to an activating group) is 1. The second-order valence-electron chi connectivity index (χ2n) is 4.98. The molecule has 0 bridgehead atoms. The Morgan fingerprint density at radius 3 is 2.45 bits per heavy atom. The van der Waals surface area contributed by atoms with Gasteiger partial charge >= 0.3 is 6.18 Å². The van der Waals surface area contributed by atoms with Crippen LogP contribution in [0.5, 0.6) is 5.75 Å². The third kappa shape index (κ3) is 7.84.